The average Bonchev–Trinajstić information content (AvgIpc) is 2.74. The summed E-state index contributed by atoms with van der Waals surface area (Å²) < 4.78 is 28.0. The Labute approximate surface area is 134 Å². The van der Waals surface area contributed by atoms with E-state index in [9.17, 15) is 13.2 Å². The molecule has 0 unspecified atom stereocenters. The number of carbonyl (C=O) groups excluding carboxylic acids is 1. The summed E-state index contributed by atoms with van der Waals surface area (Å²) in [6, 6.07) is 0. The van der Waals surface area contributed by atoms with E-state index >= 15 is 0 Å². The number of halogens is 1. The third-order valence-electron chi connectivity index (χ3n) is 2.77. The van der Waals surface area contributed by atoms with E-state index in [-0.39, 0.29) is 16.2 Å². The van der Waals surface area contributed by atoms with Gasteiger partial charge in [-0.05, 0) is 39.2 Å². The lowest BCUT2D eigenvalue weighted by molar-refractivity contribution is 0.0754. The summed E-state index contributed by atoms with van der Waals surface area (Å²) in [7, 11) is 1.51. The first-order valence-corrected chi connectivity index (χ1v) is 9.85. The molecular formula is C13H20ClNO4S2. The highest BCUT2D eigenvalue weighted by Crippen LogP contribution is 2.29. The van der Waals surface area contributed by atoms with E-state index in [2.05, 4.69) is 5.32 Å². The van der Waals surface area contributed by atoms with Gasteiger partial charge in [0.15, 0.2) is 0 Å². The van der Waals surface area contributed by atoms with Gasteiger partial charge in [0, 0.05) is 29.2 Å². The Balaban J connectivity index is 2.45. The van der Waals surface area contributed by atoms with Crippen molar-refractivity contribution in [3.8, 4) is 0 Å². The highest BCUT2D eigenvalue weighted by atomic mass is 35.7. The van der Waals surface area contributed by atoms with Crippen molar-refractivity contribution >= 4 is 37.0 Å². The molecule has 1 heterocycles. The van der Waals surface area contributed by atoms with Gasteiger partial charge < -0.3 is 10.1 Å². The predicted molar refractivity (Wildman–Crippen MR) is 84.8 cm³/mol. The Morgan fingerprint density at radius 1 is 1.43 bits per heavy atom. The van der Waals surface area contributed by atoms with Gasteiger partial charge in [0.1, 0.15) is 4.21 Å². The molecule has 0 fully saturated rings. The average molecular weight is 354 g/mol. The van der Waals surface area contributed by atoms with Gasteiger partial charge in [-0.3, -0.25) is 4.79 Å². The van der Waals surface area contributed by atoms with Crippen LogP contribution in [0.4, 0.5) is 0 Å². The van der Waals surface area contributed by atoms with Crippen molar-refractivity contribution in [2.45, 2.75) is 43.9 Å². The van der Waals surface area contributed by atoms with Crippen molar-refractivity contribution in [3.05, 3.63) is 16.5 Å². The van der Waals surface area contributed by atoms with E-state index in [0.29, 0.717) is 24.3 Å². The minimum absolute atomic E-state index is 0.0275. The molecule has 120 valence electrons. The van der Waals surface area contributed by atoms with Crippen LogP contribution in [0, 0.1) is 6.92 Å². The van der Waals surface area contributed by atoms with Gasteiger partial charge >= 0.3 is 0 Å². The van der Waals surface area contributed by atoms with Crippen LogP contribution in [0.2, 0.25) is 0 Å². The van der Waals surface area contributed by atoms with Crippen molar-refractivity contribution in [3.63, 3.8) is 0 Å². The highest BCUT2D eigenvalue weighted by molar-refractivity contribution is 8.15. The summed E-state index contributed by atoms with van der Waals surface area (Å²) >= 11 is 0.961. The zero-order valence-electron chi connectivity index (χ0n) is 12.3. The van der Waals surface area contributed by atoms with Crippen LogP contribution in [0.15, 0.2) is 9.59 Å². The first kappa shape index (κ1) is 18.4. The molecule has 0 bridgehead atoms. The van der Waals surface area contributed by atoms with Crippen LogP contribution < -0.4 is 5.32 Å². The monoisotopic (exact) mass is 353 g/mol. The molecule has 1 aromatic rings. The van der Waals surface area contributed by atoms with Gasteiger partial charge in [-0.2, -0.15) is 0 Å². The number of nitrogens with one attached hydrogen (secondary N) is 1. The second-order valence-electron chi connectivity index (χ2n) is 4.88. The molecule has 0 spiro atoms. The molecule has 1 rings (SSSR count). The van der Waals surface area contributed by atoms with Gasteiger partial charge in [0.05, 0.1) is 11.7 Å². The van der Waals surface area contributed by atoms with Crippen LogP contribution in [-0.4, -0.2) is 33.6 Å². The lowest BCUT2D eigenvalue weighted by Gasteiger charge is -2.08. The molecule has 0 atom stereocenters. The Bertz CT molecular complexity index is 581. The molecule has 8 heteroatoms. The largest absolute Gasteiger partial charge is 0.379 e. The van der Waals surface area contributed by atoms with E-state index in [1.165, 1.54) is 5.38 Å². The third-order valence-corrected chi connectivity index (χ3v) is 6.08. The van der Waals surface area contributed by atoms with Crippen LogP contribution in [0.3, 0.4) is 0 Å². The molecule has 1 N–H and O–H groups in total. The molecule has 21 heavy (non-hydrogen) atoms. The minimum atomic E-state index is -3.79. The fourth-order valence-corrected chi connectivity index (χ4v) is 4.26. The fourth-order valence-electron chi connectivity index (χ4n) is 1.71. The molecule has 5 nitrogen and oxygen atoms in total. The highest BCUT2D eigenvalue weighted by Gasteiger charge is 2.21. The number of amides is 1. The summed E-state index contributed by atoms with van der Waals surface area (Å²) in [5, 5.41) is 4.28. The lowest BCUT2D eigenvalue weighted by atomic mass is 10.2. The van der Waals surface area contributed by atoms with Gasteiger partial charge in [-0.25, -0.2) is 8.42 Å². The van der Waals surface area contributed by atoms with Crippen LogP contribution in [0.25, 0.3) is 0 Å². The second kappa shape index (κ2) is 8.12. The second-order valence-corrected chi connectivity index (χ2v) is 8.52. The molecule has 0 aliphatic carbocycles. The molecule has 0 radical (unpaired) electrons. The molecule has 0 saturated carbocycles. The van der Waals surface area contributed by atoms with Gasteiger partial charge in [0.25, 0.3) is 15.0 Å². The van der Waals surface area contributed by atoms with Crippen LogP contribution in [0.1, 0.15) is 42.6 Å². The number of carbonyl (C=O) groups is 1. The van der Waals surface area contributed by atoms with Crippen molar-refractivity contribution in [2.24, 2.45) is 0 Å². The zero-order valence-corrected chi connectivity index (χ0v) is 14.7. The predicted octanol–water partition coefficient (Wildman–Crippen LogP) is 2.92. The Morgan fingerprint density at radius 3 is 2.62 bits per heavy atom. The fraction of sp³-hybridized carbons (Fsp3) is 0.615. The Morgan fingerprint density at radius 2 is 2.10 bits per heavy atom. The summed E-state index contributed by atoms with van der Waals surface area (Å²) in [6.07, 6.45) is 1.88. The van der Waals surface area contributed by atoms with E-state index < -0.39 is 9.05 Å². The maximum Gasteiger partial charge on any atom is 0.271 e. The van der Waals surface area contributed by atoms with E-state index in [4.69, 9.17) is 15.4 Å². The molecule has 1 aromatic heterocycles. The first-order valence-electron chi connectivity index (χ1n) is 6.66. The van der Waals surface area contributed by atoms with Crippen molar-refractivity contribution < 1.29 is 17.9 Å². The van der Waals surface area contributed by atoms with E-state index in [1.807, 2.05) is 13.8 Å². The molecular weight excluding hydrogens is 334 g/mol. The number of unbranched alkanes of at least 4 members (excludes halogenated alkanes) is 1. The number of thiophene rings is 1. The van der Waals surface area contributed by atoms with Gasteiger partial charge in [0.2, 0.25) is 0 Å². The molecule has 0 aliphatic heterocycles. The number of hydrogen-bond acceptors (Lipinski definition) is 5. The molecule has 0 saturated heterocycles. The van der Waals surface area contributed by atoms with Gasteiger partial charge in [-0.1, -0.05) is 0 Å². The topological polar surface area (TPSA) is 72.5 Å². The lowest BCUT2D eigenvalue weighted by Crippen LogP contribution is -2.25. The van der Waals surface area contributed by atoms with Crippen LogP contribution in [-0.2, 0) is 13.8 Å². The number of hydrogen-bond donors (Lipinski definition) is 1. The molecule has 1 amide bonds. The SMILES string of the molecule is Cc1c(C(=O)NCCCCOC(C)C)csc1S(=O)(=O)Cl. The van der Waals surface area contributed by atoms with E-state index in [0.717, 1.165) is 24.2 Å². The van der Waals surface area contributed by atoms with Crippen LogP contribution >= 0.6 is 22.0 Å². The third kappa shape index (κ3) is 5.94. The Kier molecular flexibility index (Phi) is 7.12. The quantitative estimate of drug-likeness (QED) is 0.576. The zero-order chi connectivity index (χ0) is 16.0. The standard InChI is InChI=1S/C13H20ClNO4S2/c1-9(2)19-7-5-4-6-15-12(16)11-8-20-13(10(11)3)21(14,17)18/h8-9H,4-7H2,1-3H3,(H,15,16). The van der Waals surface area contributed by atoms with Crippen molar-refractivity contribution in [2.75, 3.05) is 13.2 Å². The number of rotatable bonds is 8. The van der Waals surface area contributed by atoms with Crippen molar-refractivity contribution in [1.82, 2.24) is 5.32 Å². The first-order chi connectivity index (χ1) is 9.73. The maximum atomic E-state index is 12.0. The summed E-state index contributed by atoms with van der Waals surface area (Å²) in [6.45, 7) is 6.72. The minimum Gasteiger partial charge on any atom is -0.379 e. The summed E-state index contributed by atoms with van der Waals surface area (Å²) in [5.41, 5.74) is 0.758. The Hall–Kier alpha value is -0.630. The molecule has 0 aliphatic rings. The maximum absolute atomic E-state index is 12.0. The van der Waals surface area contributed by atoms with E-state index in [1.54, 1.807) is 6.92 Å². The van der Waals surface area contributed by atoms with Gasteiger partial charge in [-0.15, -0.1) is 11.3 Å². The summed E-state index contributed by atoms with van der Waals surface area (Å²) in [4.78, 5) is 12.0. The molecule has 0 aromatic carbocycles. The summed E-state index contributed by atoms with van der Waals surface area (Å²) in [5.74, 6) is -0.278. The van der Waals surface area contributed by atoms with Crippen LogP contribution in [0.5, 0.6) is 0 Å². The van der Waals surface area contributed by atoms with Crippen molar-refractivity contribution in [1.29, 1.82) is 0 Å². The normalized spacial score (nSPS) is 11.9. The number of ether oxygens (including phenoxy) is 1. The smallest absolute Gasteiger partial charge is 0.271 e.